The topological polar surface area (TPSA) is 101 Å². The van der Waals surface area contributed by atoms with Gasteiger partial charge in [-0.15, -0.1) is 0 Å². The molecule has 0 radical (unpaired) electrons. The van der Waals surface area contributed by atoms with Crippen LogP contribution < -0.4 is 16.8 Å². The maximum absolute atomic E-state index is 10.9. The van der Waals surface area contributed by atoms with E-state index in [0.29, 0.717) is 0 Å². The summed E-state index contributed by atoms with van der Waals surface area (Å²) in [7, 11) is 0. The normalized spacial score (nSPS) is 21.7. The molecular formula is C10H20N4O2. The van der Waals surface area contributed by atoms with Crippen molar-refractivity contribution in [2.75, 3.05) is 26.2 Å². The first-order chi connectivity index (χ1) is 7.59. The Morgan fingerprint density at radius 3 is 2.31 bits per heavy atom. The van der Waals surface area contributed by atoms with Gasteiger partial charge < -0.3 is 16.8 Å². The van der Waals surface area contributed by atoms with Crippen molar-refractivity contribution in [3.05, 3.63) is 0 Å². The summed E-state index contributed by atoms with van der Waals surface area (Å²) in [6.45, 7) is 2.09. The van der Waals surface area contributed by atoms with E-state index in [1.807, 2.05) is 0 Å². The van der Waals surface area contributed by atoms with Gasteiger partial charge in [0, 0.05) is 6.04 Å². The van der Waals surface area contributed by atoms with Gasteiger partial charge in [-0.05, 0) is 32.4 Å². The van der Waals surface area contributed by atoms with E-state index in [-0.39, 0.29) is 19.1 Å². The zero-order valence-electron chi connectivity index (χ0n) is 9.45. The monoisotopic (exact) mass is 228 g/mol. The van der Waals surface area contributed by atoms with Gasteiger partial charge in [0.05, 0.1) is 13.1 Å². The number of hydrogen-bond acceptors (Lipinski definition) is 4. The predicted molar refractivity (Wildman–Crippen MR) is 60.5 cm³/mol. The fourth-order valence-corrected chi connectivity index (χ4v) is 2.08. The van der Waals surface area contributed by atoms with Crippen LogP contribution in [0.15, 0.2) is 0 Å². The van der Waals surface area contributed by atoms with Crippen molar-refractivity contribution >= 4 is 11.8 Å². The van der Waals surface area contributed by atoms with Gasteiger partial charge in [0.25, 0.3) is 0 Å². The molecule has 1 saturated heterocycles. The van der Waals surface area contributed by atoms with Crippen molar-refractivity contribution < 1.29 is 9.59 Å². The molecule has 0 aromatic heterocycles. The van der Waals surface area contributed by atoms with Crippen molar-refractivity contribution in [3.63, 3.8) is 0 Å². The molecule has 1 aliphatic heterocycles. The van der Waals surface area contributed by atoms with Crippen LogP contribution in [0.25, 0.3) is 0 Å². The van der Waals surface area contributed by atoms with E-state index in [2.05, 4.69) is 5.32 Å². The third-order valence-electron chi connectivity index (χ3n) is 2.78. The molecule has 1 aliphatic rings. The molecule has 6 nitrogen and oxygen atoms in total. The molecule has 0 aliphatic carbocycles. The third kappa shape index (κ3) is 4.59. The van der Waals surface area contributed by atoms with E-state index in [1.54, 1.807) is 4.90 Å². The van der Waals surface area contributed by atoms with E-state index in [0.717, 1.165) is 32.4 Å². The molecule has 0 spiro atoms. The molecule has 1 heterocycles. The SMILES string of the molecule is NC(=O)CN(CC(N)=O)C1CCCNCC1. The molecule has 92 valence electrons. The van der Waals surface area contributed by atoms with Crippen LogP contribution in [0.4, 0.5) is 0 Å². The molecular weight excluding hydrogens is 208 g/mol. The van der Waals surface area contributed by atoms with Crippen LogP contribution in [-0.4, -0.2) is 48.9 Å². The summed E-state index contributed by atoms with van der Waals surface area (Å²) in [5.41, 5.74) is 10.3. The molecule has 1 unspecified atom stereocenters. The third-order valence-corrected chi connectivity index (χ3v) is 2.78. The molecule has 2 amide bonds. The Morgan fingerprint density at radius 2 is 1.75 bits per heavy atom. The Kier molecular flexibility index (Phi) is 5.21. The Bertz CT molecular complexity index is 233. The number of amides is 2. The van der Waals surface area contributed by atoms with Gasteiger partial charge in [-0.3, -0.25) is 14.5 Å². The Labute approximate surface area is 95.3 Å². The van der Waals surface area contributed by atoms with Crippen molar-refractivity contribution in [1.82, 2.24) is 10.2 Å². The number of primary amides is 2. The first-order valence-corrected chi connectivity index (χ1v) is 5.61. The van der Waals surface area contributed by atoms with Gasteiger partial charge in [-0.2, -0.15) is 0 Å². The maximum Gasteiger partial charge on any atom is 0.231 e. The highest BCUT2D eigenvalue weighted by Gasteiger charge is 2.22. The minimum absolute atomic E-state index is 0.105. The van der Waals surface area contributed by atoms with Gasteiger partial charge in [0.2, 0.25) is 11.8 Å². The fourth-order valence-electron chi connectivity index (χ4n) is 2.08. The highest BCUT2D eigenvalue weighted by atomic mass is 16.2. The number of rotatable bonds is 5. The molecule has 1 atom stereocenters. The summed E-state index contributed by atoms with van der Waals surface area (Å²) in [4.78, 5) is 23.7. The lowest BCUT2D eigenvalue weighted by molar-refractivity contribution is -0.123. The Balaban J connectivity index is 2.57. The first kappa shape index (κ1) is 12.9. The number of nitrogens with one attached hydrogen (secondary N) is 1. The largest absolute Gasteiger partial charge is 0.369 e. The van der Waals surface area contributed by atoms with Crippen molar-refractivity contribution in [1.29, 1.82) is 0 Å². The molecule has 0 aromatic carbocycles. The summed E-state index contributed by atoms with van der Waals surface area (Å²) < 4.78 is 0. The van der Waals surface area contributed by atoms with E-state index < -0.39 is 11.8 Å². The van der Waals surface area contributed by atoms with E-state index >= 15 is 0 Å². The standard InChI is InChI=1S/C10H20N4O2/c11-9(15)6-14(7-10(12)16)8-2-1-4-13-5-3-8/h8,13H,1-7H2,(H2,11,15)(H2,12,16). The minimum atomic E-state index is -0.418. The van der Waals surface area contributed by atoms with Crippen molar-refractivity contribution in [3.8, 4) is 0 Å². The zero-order valence-corrected chi connectivity index (χ0v) is 9.45. The average molecular weight is 228 g/mol. The summed E-state index contributed by atoms with van der Waals surface area (Å²) in [6.07, 6.45) is 2.92. The lowest BCUT2D eigenvalue weighted by atomic mass is 10.1. The quantitative estimate of drug-likeness (QED) is 0.527. The highest BCUT2D eigenvalue weighted by molar-refractivity contribution is 5.79. The molecule has 5 N–H and O–H groups in total. The van der Waals surface area contributed by atoms with E-state index in [1.165, 1.54) is 0 Å². The summed E-state index contributed by atoms with van der Waals surface area (Å²) in [5.74, 6) is -0.836. The van der Waals surface area contributed by atoms with Crippen molar-refractivity contribution in [2.45, 2.75) is 25.3 Å². The smallest absolute Gasteiger partial charge is 0.231 e. The van der Waals surface area contributed by atoms with Crippen LogP contribution in [0.1, 0.15) is 19.3 Å². The first-order valence-electron chi connectivity index (χ1n) is 5.61. The molecule has 1 rings (SSSR count). The second kappa shape index (κ2) is 6.44. The molecule has 0 bridgehead atoms. The van der Waals surface area contributed by atoms with Gasteiger partial charge in [0.1, 0.15) is 0 Å². The van der Waals surface area contributed by atoms with E-state index in [9.17, 15) is 9.59 Å². The van der Waals surface area contributed by atoms with Crippen molar-refractivity contribution in [2.24, 2.45) is 11.5 Å². The number of carbonyl (C=O) groups is 2. The fraction of sp³-hybridized carbons (Fsp3) is 0.800. The van der Waals surface area contributed by atoms with Gasteiger partial charge >= 0.3 is 0 Å². The van der Waals surface area contributed by atoms with Crippen LogP contribution >= 0.6 is 0 Å². The summed E-state index contributed by atoms with van der Waals surface area (Å²) in [6, 6.07) is 0.218. The Morgan fingerprint density at radius 1 is 1.12 bits per heavy atom. The lowest BCUT2D eigenvalue weighted by Gasteiger charge is -2.28. The van der Waals surface area contributed by atoms with Crippen LogP contribution in [0.2, 0.25) is 0 Å². The molecule has 16 heavy (non-hydrogen) atoms. The van der Waals surface area contributed by atoms with Crippen LogP contribution in [-0.2, 0) is 9.59 Å². The van der Waals surface area contributed by atoms with Crippen LogP contribution in [0.3, 0.4) is 0 Å². The van der Waals surface area contributed by atoms with E-state index in [4.69, 9.17) is 11.5 Å². The number of nitrogens with zero attached hydrogens (tertiary/aromatic N) is 1. The summed E-state index contributed by atoms with van der Waals surface area (Å²) >= 11 is 0. The van der Waals surface area contributed by atoms with Gasteiger partial charge in [0.15, 0.2) is 0 Å². The average Bonchev–Trinajstić information content (AvgIpc) is 2.42. The molecule has 1 fully saturated rings. The second-order valence-corrected chi connectivity index (χ2v) is 4.17. The van der Waals surface area contributed by atoms with Gasteiger partial charge in [-0.25, -0.2) is 0 Å². The lowest BCUT2D eigenvalue weighted by Crippen LogP contribution is -2.45. The second-order valence-electron chi connectivity index (χ2n) is 4.17. The van der Waals surface area contributed by atoms with Gasteiger partial charge in [-0.1, -0.05) is 0 Å². The van der Waals surface area contributed by atoms with Crippen LogP contribution in [0.5, 0.6) is 0 Å². The molecule has 0 aromatic rings. The number of nitrogens with two attached hydrogens (primary N) is 2. The maximum atomic E-state index is 10.9. The van der Waals surface area contributed by atoms with Crippen LogP contribution in [0, 0.1) is 0 Å². The molecule has 0 saturated carbocycles. The number of carbonyl (C=O) groups excluding carboxylic acids is 2. The zero-order chi connectivity index (χ0) is 12.0. The summed E-state index contributed by atoms with van der Waals surface area (Å²) in [5, 5.41) is 3.28. The Hall–Kier alpha value is -1.14. The highest BCUT2D eigenvalue weighted by Crippen LogP contribution is 2.12. The molecule has 6 heteroatoms. The number of hydrogen-bond donors (Lipinski definition) is 3. The predicted octanol–water partition coefficient (Wildman–Crippen LogP) is -1.60. The minimum Gasteiger partial charge on any atom is -0.369 e.